The van der Waals surface area contributed by atoms with E-state index >= 15 is 0 Å². The predicted octanol–water partition coefficient (Wildman–Crippen LogP) is 3.12. The van der Waals surface area contributed by atoms with Gasteiger partial charge < -0.3 is 10.6 Å². The number of benzene rings is 1. The molecule has 4 rings (SSSR count). The van der Waals surface area contributed by atoms with Crippen LogP contribution in [0.5, 0.6) is 0 Å². The molecule has 0 atom stereocenters. The molecule has 2 aromatic heterocycles. The molecule has 0 saturated carbocycles. The van der Waals surface area contributed by atoms with Gasteiger partial charge in [0.25, 0.3) is 5.91 Å². The van der Waals surface area contributed by atoms with Crippen LogP contribution in [0.1, 0.15) is 23.5 Å². The number of aromatic nitrogens is 3. The fourth-order valence-electron chi connectivity index (χ4n) is 2.97. The number of piperidine rings is 1. The first-order valence-electron chi connectivity index (χ1n) is 8.43. The first-order chi connectivity index (χ1) is 12.6. The number of hydrogen-bond donors (Lipinski definition) is 1. The average molecular weight is 408 g/mol. The van der Waals surface area contributed by atoms with E-state index < -0.39 is 0 Å². The van der Waals surface area contributed by atoms with E-state index in [0.29, 0.717) is 24.6 Å². The van der Waals surface area contributed by atoms with Crippen molar-refractivity contribution in [2.24, 2.45) is 5.73 Å². The van der Waals surface area contributed by atoms with Crippen LogP contribution in [0.15, 0.2) is 41.8 Å². The zero-order valence-electron chi connectivity index (χ0n) is 14.4. The SMILES string of the molecule is Cl.NC1CCN(C(=O)c2nc(-c3cccs3)n(-c3ccc(F)cc3)n2)CC1. The van der Waals surface area contributed by atoms with E-state index in [-0.39, 0.29) is 36.0 Å². The molecule has 0 spiro atoms. The number of rotatable bonds is 3. The molecule has 1 aromatic carbocycles. The van der Waals surface area contributed by atoms with Gasteiger partial charge in [0.15, 0.2) is 5.82 Å². The number of nitrogens with two attached hydrogens (primary N) is 1. The van der Waals surface area contributed by atoms with Gasteiger partial charge in [-0.25, -0.2) is 14.1 Å². The van der Waals surface area contributed by atoms with Crippen molar-refractivity contribution >= 4 is 29.7 Å². The Morgan fingerprint density at radius 3 is 2.52 bits per heavy atom. The van der Waals surface area contributed by atoms with Gasteiger partial charge in [-0.3, -0.25) is 4.79 Å². The Kier molecular flexibility index (Phi) is 5.88. The molecule has 1 fully saturated rings. The summed E-state index contributed by atoms with van der Waals surface area (Å²) in [7, 11) is 0. The minimum Gasteiger partial charge on any atom is -0.336 e. The fraction of sp³-hybridized carbons (Fsp3) is 0.278. The van der Waals surface area contributed by atoms with Gasteiger partial charge in [0.1, 0.15) is 5.82 Å². The summed E-state index contributed by atoms with van der Waals surface area (Å²) in [6.45, 7) is 1.22. The number of likely N-dealkylation sites (tertiary alicyclic amines) is 1. The monoisotopic (exact) mass is 407 g/mol. The minimum absolute atomic E-state index is 0. The summed E-state index contributed by atoms with van der Waals surface area (Å²) in [5.74, 6) is 0.194. The molecular weight excluding hydrogens is 389 g/mol. The summed E-state index contributed by atoms with van der Waals surface area (Å²) in [6.07, 6.45) is 1.56. The Bertz CT molecular complexity index is 904. The van der Waals surface area contributed by atoms with E-state index in [0.717, 1.165) is 17.7 Å². The normalized spacial score (nSPS) is 14.8. The summed E-state index contributed by atoms with van der Waals surface area (Å²) in [6, 6.07) is 9.95. The molecule has 6 nitrogen and oxygen atoms in total. The van der Waals surface area contributed by atoms with Crippen molar-refractivity contribution in [3.63, 3.8) is 0 Å². The maximum atomic E-state index is 13.3. The second kappa shape index (κ2) is 8.16. The van der Waals surface area contributed by atoms with Gasteiger partial charge in [0.2, 0.25) is 5.82 Å². The summed E-state index contributed by atoms with van der Waals surface area (Å²) >= 11 is 1.51. The number of hydrogen-bond acceptors (Lipinski definition) is 5. The van der Waals surface area contributed by atoms with Crippen LogP contribution >= 0.6 is 23.7 Å². The number of carbonyl (C=O) groups excluding carboxylic acids is 1. The average Bonchev–Trinajstić information content (AvgIpc) is 3.32. The third-order valence-electron chi connectivity index (χ3n) is 4.44. The van der Waals surface area contributed by atoms with E-state index in [1.165, 1.54) is 23.5 Å². The smallest absolute Gasteiger partial charge is 0.293 e. The second-order valence-corrected chi connectivity index (χ2v) is 7.20. The molecule has 142 valence electrons. The van der Waals surface area contributed by atoms with Gasteiger partial charge in [-0.15, -0.1) is 28.8 Å². The number of thiophene rings is 1. The molecule has 0 bridgehead atoms. The van der Waals surface area contributed by atoms with Gasteiger partial charge >= 0.3 is 0 Å². The summed E-state index contributed by atoms with van der Waals surface area (Å²) in [5.41, 5.74) is 6.57. The molecule has 3 aromatic rings. The minimum atomic E-state index is -0.326. The lowest BCUT2D eigenvalue weighted by Crippen LogP contribution is -2.43. The first-order valence-corrected chi connectivity index (χ1v) is 9.31. The number of nitrogens with zero attached hydrogens (tertiary/aromatic N) is 4. The van der Waals surface area contributed by atoms with Crippen LogP contribution in [0, 0.1) is 5.82 Å². The molecule has 1 aliphatic heterocycles. The predicted molar refractivity (Wildman–Crippen MR) is 105 cm³/mol. The molecule has 1 saturated heterocycles. The highest BCUT2D eigenvalue weighted by atomic mass is 35.5. The molecule has 3 heterocycles. The van der Waals surface area contributed by atoms with Crippen molar-refractivity contribution in [3.8, 4) is 16.4 Å². The fourth-order valence-corrected chi connectivity index (χ4v) is 3.67. The third kappa shape index (κ3) is 4.02. The maximum absolute atomic E-state index is 13.3. The Morgan fingerprint density at radius 1 is 1.19 bits per heavy atom. The van der Waals surface area contributed by atoms with Crippen molar-refractivity contribution < 1.29 is 9.18 Å². The topological polar surface area (TPSA) is 77.0 Å². The van der Waals surface area contributed by atoms with Crippen molar-refractivity contribution in [2.45, 2.75) is 18.9 Å². The number of halogens is 2. The van der Waals surface area contributed by atoms with Crippen LogP contribution < -0.4 is 5.73 Å². The molecule has 2 N–H and O–H groups in total. The summed E-state index contributed by atoms with van der Waals surface area (Å²) in [5, 5.41) is 6.36. The molecule has 1 aliphatic rings. The van der Waals surface area contributed by atoms with Crippen LogP contribution in [-0.4, -0.2) is 44.7 Å². The molecular formula is C18H19ClFN5OS. The lowest BCUT2D eigenvalue weighted by molar-refractivity contribution is 0.0702. The number of carbonyl (C=O) groups is 1. The highest BCUT2D eigenvalue weighted by molar-refractivity contribution is 7.13. The van der Waals surface area contributed by atoms with E-state index in [4.69, 9.17) is 5.73 Å². The van der Waals surface area contributed by atoms with Crippen molar-refractivity contribution in [3.05, 3.63) is 53.4 Å². The van der Waals surface area contributed by atoms with Gasteiger partial charge in [-0.2, -0.15) is 0 Å². The molecule has 0 unspecified atom stereocenters. The van der Waals surface area contributed by atoms with Crippen LogP contribution in [0.25, 0.3) is 16.4 Å². The largest absolute Gasteiger partial charge is 0.336 e. The van der Waals surface area contributed by atoms with Crippen molar-refractivity contribution in [1.29, 1.82) is 0 Å². The lowest BCUT2D eigenvalue weighted by atomic mass is 10.1. The van der Waals surface area contributed by atoms with Crippen LogP contribution in [0.2, 0.25) is 0 Å². The first kappa shape index (κ1) is 19.5. The standard InChI is InChI=1S/C18H18FN5OS.ClH/c19-12-3-5-14(6-4-12)24-17(15-2-1-11-26-15)21-16(22-24)18(25)23-9-7-13(20)8-10-23;/h1-6,11,13H,7-10,20H2;1H. The van der Waals surface area contributed by atoms with E-state index in [1.807, 2.05) is 17.5 Å². The molecule has 0 aliphatic carbocycles. The van der Waals surface area contributed by atoms with Gasteiger partial charge in [0, 0.05) is 19.1 Å². The molecule has 0 radical (unpaired) electrons. The quantitative estimate of drug-likeness (QED) is 0.723. The van der Waals surface area contributed by atoms with Crippen molar-refractivity contribution in [1.82, 2.24) is 19.7 Å². The third-order valence-corrected chi connectivity index (χ3v) is 5.30. The highest BCUT2D eigenvalue weighted by Gasteiger charge is 2.26. The van der Waals surface area contributed by atoms with Crippen LogP contribution in [0.3, 0.4) is 0 Å². The highest BCUT2D eigenvalue weighted by Crippen LogP contribution is 2.26. The summed E-state index contributed by atoms with van der Waals surface area (Å²) < 4.78 is 14.9. The van der Waals surface area contributed by atoms with Gasteiger partial charge in [-0.05, 0) is 48.6 Å². The molecule has 1 amide bonds. The van der Waals surface area contributed by atoms with E-state index in [9.17, 15) is 9.18 Å². The zero-order valence-corrected chi connectivity index (χ0v) is 16.0. The molecule has 27 heavy (non-hydrogen) atoms. The Labute approximate surface area is 166 Å². The zero-order chi connectivity index (χ0) is 18.1. The Morgan fingerprint density at radius 2 is 1.89 bits per heavy atom. The van der Waals surface area contributed by atoms with E-state index in [2.05, 4.69) is 10.1 Å². The second-order valence-electron chi connectivity index (χ2n) is 6.25. The van der Waals surface area contributed by atoms with E-state index in [1.54, 1.807) is 21.7 Å². The van der Waals surface area contributed by atoms with Crippen LogP contribution in [-0.2, 0) is 0 Å². The molecule has 9 heteroatoms. The van der Waals surface area contributed by atoms with Gasteiger partial charge in [0.05, 0.1) is 10.6 Å². The maximum Gasteiger partial charge on any atom is 0.293 e. The van der Waals surface area contributed by atoms with Gasteiger partial charge in [-0.1, -0.05) is 6.07 Å². The van der Waals surface area contributed by atoms with Crippen LogP contribution in [0.4, 0.5) is 4.39 Å². The lowest BCUT2D eigenvalue weighted by Gasteiger charge is -2.29. The number of amides is 1. The summed E-state index contributed by atoms with van der Waals surface area (Å²) in [4.78, 5) is 19.9. The Hall–Kier alpha value is -2.29. The Balaban J connectivity index is 0.00000210. The van der Waals surface area contributed by atoms with Crippen molar-refractivity contribution in [2.75, 3.05) is 13.1 Å².